The van der Waals surface area contributed by atoms with Crippen molar-refractivity contribution in [1.29, 1.82) is 0 Å². The van der Waals surface area contributed by atoms with E-state index in [1.165, 1.54) is 5.57 Å². The Morgan fingerprint density at radius 2 is 2.08 bits per heavy atom. The molecule has 0 aromatic rings. The van der Waals surface area contributed by atoms with Gasteiger partial charge < -0.3 is 5.11 Å². The number of aliphatic hydroxyl groups excluding tert-OH is 1. The average molecular weight is 182 g/mol. The van der Waals surface area contributed by atoms with Crippen LogP contribution in [0.15, 0.2) is 24.3 Å². The molecule has 0 saturated carbocycles. The zero-order valence-electron chi connectivity index (χ0n) is 9.09. The Bertz CT molecular complexity index is 166. The van der Waals surface area contributed by atoms with E-state index in [4.69, 9.17) is 0 Å². The van der Waals surface area contributed by atoms with E-state index in [1.807, 2.05) is 6.08 Å². The largest absolute Gasteiger partial charge is 0.393 e. The molecule has 0 heterocycles. The highest BCUT2D eigenvalue weighted by Gasteiger charge is 2.11. The minimum atomic E-state index is -0.186. The molecular formula is C12H22O. The summed E-state index contributed by atoms with van der Waals surface area (Å²) >= 11 is 0. The molecule has 0 aliphatic rings. The molecule has 1 heteroatoms. The zero-order valence-corrected chi connectivity index (χ0v) is 9.09. The molecule has 0 rings (SSSR count). The molecule has 0 aromatic carbocycles. The predicted octanol–water partition coefficient (Wildman–Crippen LogP) is 3.31. The minimum absolute atomic E-state index is 0.186. The fourth-order valence-corrected chi connectivity index (χ4v) is 1.15. The lowest BCUT2D eigenvalue weighted by atomic mass is 9.96. The van der Waals surface area contributed by atoms with Crippen molar-refractivity contribution >= 4 is 0 Å². The van der Waals surface area contributed by atoms with Crippen LogP contribution in [0.1, 0.15) is 40.0 Å². The molecule has 1 N–H and O–H groups in total. The van der Waals surface area contributed by atoms with Crippen molar-refractivity contribution in [3.05, 3.63) is 24.3 Å². The summed E-state index contributed by atoms with van der Waals surface area (Å²) in [6.45, 7) is 9.91. The van der Waals surface area contributed by atoms with Crippen molar-refractivity contribution in [3.8, 4) is 0 Å². The van der Waals surface area contributed by atoms with Gasteiger partial charge in [-0.1, -0.05) is 24.6 Å². The van der Waals surface area contributed by atoms with E-state index in [9.17, 15) is 5.11 Å². The second-order valence-corrected chi connectivity index (χ2v) is 3.93. The van der Waals surface area contributed by atoms with E-state index in [-0.39, 0.29) is 6.10 Å². The first kappa shape index (κ1) is 12.4. The maximum atomic E-state index is 9.68. The molecule has 13 heavy (non-hydrogen) atoms. The summed E-state index contributed by atoms with van der Waals surface area (Å²) in [5.74, 6) is 0.356. The first-order valence-corrected chi connectivity index (χ1v) is 5.00. The monoisotopic (exact) mass is 182 g/mol. The second kappa shape index (κ2) is 6.90. The van der Waals surface area contributed by atoms with Gasteiger partial charge in [0.2, 0.25) is 0 Å². The third kappa shape index (κ3) is 6.59. The standard InChI is InChI=1S/C12H22O/c1-5-6-7-12(13)11(4)9-8-10(2)3/h5,8,11-13H,1,6-7,9H2,2-4H3. The van der Waals surface area contributed by atoms with Gasteiger partial charge in [-0.2, -0.15) is 0 Å². The van der Waals surface area contributed by atoms with Crippen LogP contribution < -0.4 is 0 Å². The lowest BCUT2D eigenvalue weighted by Gasteiger charge is -2.16. The first-order valence-electron chi connectivity index (χ1n) is 5.00. The van der Waals surface area contributed by atoms with Gasteiger partial charge in [-0.3, -0.25) is 0 Å². The summed E-state index contributed by atoms with van der Waals surface area (Å²) < 4.78 is 0. The lowest BCUT2D eigenvalue weighted by molar-refractivity contribution is 0.110. The Morgan fingerprint density at radius 1 is 1.46 bits per heavy atom. The smallest absolute Gasteiger partial charge is 0.0571 e. The zero-order chi connectivity index (χ0) is 10.3. The molecule has 1 nitrogen and oxygen atoms in total. The molecule has 2 unspecified atom stereocenters. The molecule has 0 aliphatic carbocycles. The normalized spacial score (nSPS) is 14.8. The molecular weight excluding hydrogens is 160 g/mol. The number of hydrogen-bond acceptors (Lipinski definition) is 1. The Balaban J connectivity index is 3.74. The Hall–Kier alpha value is -0.560. The van der Waals surface area contributed by atoms with Crippen LogP contribution in [0.3, 0.4) is 0 Å². The van der Waals surface area contributed by atoms with Gasteiger partial charge in [-0.15, -0.1) is 6.58 Å². The van der Waals surface area contributed by atoms with Gasteiger partial charge in [0.15, 0.2) is 0 Å². The van der Waals surface area contributed by atoms with Crippen LogP contribution in [0.4, 0.5) is 0 Å². The molecule has 0 bridgehead atoms. The van der Waals surface area contributed by atoms with E-state index >= 15 is 0 Å². The number of rotatable bonds is 6. The summed E-state index contributed by atoms with van der Waals surface area (Å²) in [6.07, 6.45) is 6.56. The highest BCUT2D eigenvalue weighted by atomic mass is 16.3. The van der Waals surface area contributed by atoms with Crippen LogP contribution in [0.2, 0.25) is 0 Å². The SMILES string of the molecule is C=CCCC(O)C(C)CC=C(C)C. The lowest BCUT2D eigenvalue weighted by Crippen LogP contribution is -2.16. The third-order valence-electron chi connectivity index (χ3n) is 2.22. The second-order valence-electron chi connectivity index (χ2n) is 3.93. The fourth-order valence-electron chi connectivity index (χ4n) is 1.15. The molecule has 0 aliphatic heterocycles. The van der Waals surface area contributed by atoms with Crippen molar-refractivity contribution in [2.45, 2.75) is 46.1 Å². The average Bonchev–Trinajstić information content (AvgIpc) is 2.10. The number of aliphatic hydroxyl groups is 1. The fraction of sp³-hybridized carbons (Fsp3) is 0.667. The minimum Gasteiger partial charge on any atom is -0.393 e. The summed E-state index contributed by atoms with van der Waals surface area (Å²) in [4.78, 5) is 0. The topological polar surface area (TPSA) is 20.2 Å². The van der Waals surface area contributed by atoms with E-state index in [1.54, 1.807) is 0 Å². The van der Waals surface area contributed by atoms with E-state index < -0.39 is 0 Å². The Labute approximate surface area is 82.2 Å². The van der Waals surface area contributed by atoms with Crippen LogP contribution >= 0.6 is 0 Å². The summed E-state index contributed by atoms with van der Waals surface area (Å²) in [5.41, 5.74) is 1.32. The molecule has 76 valence electrons. The van der Waals surface area contributed by atoms with Crippen LogP contribution in [0, 0.1) is 5.92 Å². The van der Waals surface area contributed by atoms with Crippen LogP contribution in [0.5, 0.6) is 0 Å². The predicted molar refractivity (Wildman–Crippen MR) is 58.6 cm³/mol. The van der Waals surface area contributed by atoms with Gasteiger partial charge in [0.05, 0.1) is 6.10 Å². The molecule has 0 spiro atoms. The van der Waals surface area contributed by atoms with Gasteiger partial charge in [-0.05, 0) is 39.0 Å². The van der Waals surface area contributed by atoms with Crippen molar-refractivity contribution in [3.63, 3.8) is 0 Å². The summed E-state index contributed by atoms with van der Waals surface area (Å²) in [7, 11) is 0. The summed E-state index contributed by atoms with van der Waals surface area (Å²) in [5, 5.41) is 9.68. The van der Waals surface area contributed by atoms with Crippen LogP contribution in [0.25, 0.3) is 0 Å². The van der Waals surface area contributed by atoms with Gasteiger partial charge in [-0.25, -0.2) is 0 Å². The van der Waals surface area contributed by atoms with Crippen molar-refractivity contribution in [1.82, 2.24) is 0 Å². The number of hydrogen-bond donors (Lipinski definition) is 1. The summed E-state index contributed by atoms with van der Waals surface area (Å²) in [6, 6.07) is 0. The van der Waals surface area contributed by atoms with E-state index in [0.717, 1.165) is 19.3 Å². The molecule has 0 saturated heterocycles. The molecule has 0 fully saturated rings. The molecule has 0 amide bonds. The van der Waals surface area contributed by atoms with Gasteiger partial charge in [0.1, 0.15) is 0 Å². The Morgan fingerprint density at radius 3 is 2.54 bits per heavy atom. The molecule has 0 aromatic heterocycles. The maximum absolute atomic E-state index is 9.68. The van der Waals surface area contributed by atoms with Crippen LogP contribution in [-0.2, 0) is 0 Å². The third-order valence-corrected chi connectivity index (χ3v) is 2.22. The van der Waals surface area contributed by atoms with E-state index in [0.29, 0.717) is 5.92 Å². The number of allylic oxidation sites excluding steroid dienone is 3. The maximum Gasteiger partial charge on any atom is 0.0571 e. The van der Waals surface area contributed by atoms with Crippen molar-refractivity contribution in [2.24, 2.45) is 5.92 Å². The quantitative estimate of drug-likeness (QED) is 0.625. The highest BCUT2D eigenvalue weighted by molar-refractivity contribution is 4.94. The van der Waals surface area contributed by atoms with Gasteiger partial charge in [0.25, 0.3) is 0 Å². The first-order chi connectivity index (χ1) is 6.07. The van der Waals surface area contributed by atoms with Gasteiger partial charge >= 0.3 is 0 Å². The molecule has 2 atom stereocenters. The van der Waals surface area contributed by atoms with E-state index in [2.05, 4.69) is 33.4 Å². The molecule has 0 radical (unpaired) electrons. The van der Waals surface area contributed by atoms with Gasteiger partial charge in [0, 0.05) is 0 Å². The van der Waals surface area contributed by atoms with Crippen LogP contribution in [-0.4, -0.2) is 11.2 Å². The van der Waals surface area contributed by atoms with Crippen molar-refractivity contribution < 1.29 is 5.11 Å². The Kier molecular flexibility index (Phi) is 6.61. The van der Waals surface area contributed by atoms with Crippen molar-refractivity contribution in [2.75, 3.05) is 0 Å². The highest BCUT2D eigenvalue weighted by Crippen LogP contribution is 2.14.